The van der Waals surface area contributed by atoms with Crippen LogP contribution in [-0.4, -0.2) is 45.8 Å². The summed E-state index contributed by atoms with van der Waals surface area (Å²) in [4.78, 5) is 30.7. The van der Waals surface area contributed by atoms with E-state index in [-0.39, 0.29) is 34.1 Å². The molecule has 2 aromatic heterocycles. The molecule has 1 aliphatic heterocycles. The molecule has 7 nitrogen and oxygen atoms in total. The Morgan fingerprint density at radius 1 is 1.18 bits per heavy atom. The standard InChI is InChI=1S/C23H21F3N4O3/c1-11-18-20(31)15(23(32)33)10-30(17-5-2-12(24)8-16(17)25)21(18)28-22(19(11)26)29-7-6-14(9-29)27-13-3-4-13/h2,5,8,10,13-14,27H,3-4,6-7,9H2,1H3,(H,32,33). The highest BCUT2D eigenvalue weighted by Gasteiger charge is 2.32. The Bertz CT molecular complexity index is 1350. The molecule has 10 heteroatoms. The zero-order valence-corrected chi connectivity index (χ0v) is 17.7. The van der Waals surface area contributed by atoms with Crippen molar-refractivity contribution >= 4 is 22.8 Å². The van der Waals surface area contributed by atoms with Gasteiger partial charge in [-0.15, -0.1) is 0 Å². The number of fused-ring (bicyclic) bond motifs is 1. The van der Waals surface area contributed by atoms with E-state index in [1.807, 2.05) is 0 Å². The summed E-state index contributed by atoms with van der Waals surface area (Å²) in [7, 11) is 0. The highest BCUT2D eigenvalue weighted by atomic mass is 19.1. The van der Waals surface area contributed by atoms with E-state index < -0.39 is 34.4 Å². The summed E-state index contributed by atoms with van der Waals surface area (Å²) in [5.41, 5.74) is -1.95. The van der Waals surface area contributed by atoms with Gasteiger partial charge >= 0.3 is 5.97 Å². The van der Waals surface area contributed by atoms with Crippen molar-refractivity contribution in [3.63, 3.8) is 0 Å². The second-order valence-electron chi connectivity index (χ2n) is 8.59. The molecule has 3 aromatic rings. The Hall–Kier alpha value is -3.40. The maximum absolute atomic E-state index is 15.4. The number of pyridine rings is 2. The van der Waals surface area contributed by atoms with Crippen LogP contribution in [0.25, 0.3) is 16.7 Å². The third-order valence-corrected chi connectivity index (χ3v) is 6.23. The average molecular weight is 458 g/mol. The Kier molecular flexibility index (Phi) is 5.12. The fraction of sp³-hybridized carbons (Fsp3) is 0.348. The van der Waals surface area contributed by atoms with Gasteiger partial charge in [-0.2, -0.15) is 0 Å². The fourth-order valence-electron chi connectivity index (χ4n) is 4.37. The molecule has 1 saturated carbocycles. The minimum Gasteiger partial charge on any atom is -0.477 e. The van der Waals surface area contributed by atoms with Crippen molar-refractivity contribution < 1.29 is 23.1 Å². The quantitative estimate of drug-likeness (QED) is 0.611. The lowest BCUT2D eigenvalue weighted by Crippen LogP contribution is -2.34. The highest BCUT2D eigenvalue weighted by molar-refractivity contribution is 5.93. The first-order valence-corrected chi connectivity index (χ1v) is 10.7. The van der Waals surface area contributed by atoms with E-state index in [0.29, 0.717) is 25.2 Å². The normalized spacial score (nSPS) is 18.3. The Balaban J connectivity index is 1.72. The SMILES string of the molecule is Cc1c(F)c(N2CCC(NC3CC3)C2)nc2c1c(=O)c(C(=O)O)cn2-c1ccc(F)cc1F. The molecule has 1 aliphatic carbocycles. The molecule has 1 saturated heterocycles. The smallest absolute Gasteiger partial charge is 0.341 e. The summed E-state index contributed by atoms with van der Waals surface area (Å²) >= 11 is 0. The van der Waals surface area contributed by atoms with E-state index in [1.54, 1.807) is 4.90 Å². The Morgan fingerprint density at radius 3 is 2.61 bits per heavy atom. The zero-order chi connectivity index (χ0) is 23.4. The van der Waals surface area contributed by atoms with E-state index in [0.717, 1.165) is 42.2 Å². The molecule has 0 bridgehead atoms. The first-order valence-electron chi connectivity index (χ1n) is 10.7. The Labute approximate surface area is 186 Å². The van der Waals surface area contributed by atoms with Crippen LogP contribution in [0.3, 0.4) is 0 Å². The van der Waals surface area contributed by atoms with Gasteiger partial charge in [0, 0.05) is 43.0 Å². The number of nitrogens with zero attached hydrogens (tertiary/aromatic N) is 3. The van der Waals surface area contributed by atoms with Crippen molar-refractivity contribution in [2.45, 2.75) is 38.3 Å². The maximum Gasteiger partial charge on any atom is 0.341 e. The number of carboxylic acids is 1. The average Bonchev–Trinajstić information content (AvgIpc) is 3.45. The molecule has 1 atom stereocenters. The summed E-state index contributed by atoms with van der Waals surface area (Å²) in [5, 5.41) is 12.8. The molecular weight excluding hydrogens is 437 g/mol. The molecule has 2 aliphatic rings. The molecule has 0 radical (unpaired) electrons. The fourth-order valence-corrected chi connectivity index (χ4v) is 4.37. The van der Waals surface area contributed by atoms with Crippen LogP contribution in [0.1, 0.15) is 35.2 Å². The molecule has 2 fully saturated rings. The number of aromatic nitrogens is 2. The summed E-state index contributed by atoms with van der Waals surface area (Å²) in [6, 6.07) is 3.44. The van der Waals surface area contributed by atoms with E-state index in [9.17, 15) is 23.5 Å². The second-order valence-corrected chi connectivity index (χ2v) is 8.59. The van der Waals surface area contributed by atoms with Crippen LogP contribution in [0, 0.1) is 24.4 Å². The third kappa shape index (κ3) is 3.74. The molecule has 172 valence electrons. The summed E-state index contributed by atoms with van der Waals surface area (Å²) < 4.78 is 44.6. The van der Waals surface area contributed by atoms with Crippen molar-refractivity contribution in [3.8, 4) is 5.69 Å². The monoisotopic (exact) mass is 458 g/mol. The molecule has 0 spiro atoms. The third-order valence-electron chi connectivity index (χ3n) is 6.23. The van der Waals surface area contributed by atoms with Gasteiger partial charge in [-0.1, -0.05) is 0 Å². The summed E-state index contributed by atoms with van der Waals surface area (Å²) in [6.07, 6.45) is 3.99. The number of anilines is 1. The topological polar surface area (TPSA) is 87.5 Å². The number of carbonyl (C=O) groups is 1. The van der Waals surface area contributed by atoms with Gasteiger partial charge < -0.3 is 15.3 Å². The van der Waals surface area contributed by atoms with Gasteiger partial charge in [0.1, 0.15) is 17.2 Å². The van der Waals surface area contributed by atoms with Crippen LogP contribution >= 0.6 is 0 Å². The van der Waals surface area contributed by atoms with E-state index in [2.05, 4.69) is 10.3 Å². The first-order chi connectivity index (χ1) is 15.7. The maximum atomic E-state index is 15.4. The minimum atomic E-state index is -1.55. The number of hydrogen-bond acceptors (Lipinski definition) is 5. The predicted molar refractivity (Wildman–Crippen MR) is 116 cm³/mol. The van der Waals surface area contributed by atoms with Crippen molar-refractivity contribution in [2.24, 2.45) is 0 Å². The van der Waals surface area contributed by atoms with E-state index >= 15 is 4.39 Å². The number of benzene rings is 1. The number of aromatic carboxylic acids is 1. The number of carboxylic acid groups (broad SMARTS) is 1. The molecule has 1 aromatic carbocycles. The zero-order valence-electron chi connectivity index (χ0n) is 17.7. The van der Waals surface area contributed by atoms with E-state index in [4.69, 9.17) is 0 Å². The number of halogens is 3. The molecule has 5 rings (SSSR count). The lowest BCUT2D eigenvalue weighted by atomic mass is 10.1. The molecule has 2 N–H and O–H groups in total. The highest BCUT2D eigenvalue weighted by Crippen LogP contribution is 2.31. The lowest BCUT2D eigenvalue weighted by molar-refractivity contribution is 0.0695. The van der Waals surface area contributed by atoms with Gasteiger partial charge in [-0.3, -0.25) is 9.36 Å². The Morgan fingerprint density at radius 2 is 1.94 bits per heavy atom. The van der Waals surface area contributed by atoms with Crippen molar-refractivity contribution in [1.82, 2.24) is 14.9 Å². The van der Waals surface area contributed by atoms with Crippen molar-refractivity contribution in [2.75, 3.05) is 18.0 Å². The van der Waals surface area contributed by atoms with Crippen molar-refractivity contribution in [1.29, 1.82) is 0 Å². The van der Waals surface area contributed by atoms with Gasteiger partial charge in [-0.25, -0.2) is 22.9 Å². The van der Waals surface area contributed by atoms with Crippen LogP contribution in [0.5, 0.6) is 0 Å². The number of hydrogen-bond donors (Lipinski definition) is 2. The van der Waals surface area contributed by atoms with Crippen LogP contribution in [0.15, 0.2) is 29.2 Å². The molecule has 0 amide bonds. The van der Waals surface area contributed by atoms with Crippen molar-refractivity contribution in [3.05, 3.63) is 63.2 Å². The van der Waals surface area contributed by atoms with Crippen LogP contribution in [0.4, 0.5) is 19.0 Å². The van der Waals surface area contributed by atoms with Gasteiger partial charge in [0.15, 0.2) is 17.3 Å². The second kappa shape index (κ2) is 7.87. The van der Waals surface area contributed by atoms with Gasteiger partial charge in [0.2, 0.25) is 5.43 Å². The van der Waals surface area contributed by atoms with Gasteiger partial charge in [-0.05, 0) is 38.3 Å². The van der Waals surface area contributed by atoms with Crippen LogP contribution < -0.4 is 15.6 Å². The van der Waals surface area contributed by atoms with Gasteiger partial charge in [0.25, 0.3) is 0 Å². The molecule has 3 heterocycles. The minimum absolute atomic E-state index is 0.0128. The number of aryl methyl sites for hydroxylation is 1. The van der Waals surface area contributed by atoms with Crippen LogP contribution in [0.2, 0.25) is 0 Å². The predicted octanol–water partition coefficient (Wildman–Crippen LogP) is 3.14. The number of rotatable bonds is 5. The van der Waals surface area contributed by atoms with E-state index in [1.165, 1.54) is 6.92 Å². The largest absolute Gasteiger partial charge is 0.477 e. The van der Waals surface area contributed by atoms with Gasteiger partial charge in [0.05, 0.1) is 11.1 Å². The number of nitrogens with one attached hydrogen (secondary N) is 1. The van der Waals surface area contributed by atoms with Crippen LogP contribution in [-0.2, 0) is 0 Å². The molecule has 1 unspecified atom stereocenters. The lowest BCUT2D eigenvalue weighted by Gasteiger charge is -2.22. The summed E-state index contributed by atoms with van der Waals surface area (Å²) in [5.74, 6) is -4.05. The molecular formula is C23H21F3N4O3. The summed E-state index contributed by atoms with van der Waals surface area (Å²) in [6.45, 7) is 2.44. The molecule has 33 heavy (non-hydrogen) atoms. The first kappa shape index (κ1) is 21.4.